The van der Waals surface area contributed by atoms with Gasteiger partial charge < -0.3 is 15.2 Å². The number of benzene rings is 1. The minimum absolute atomic E-state index is 0.275. The molecule has 88 valence electrons. The molecule has 1 aromatic carbocycles. The van der Waals surface area contributed by atoms with Crippen molar-refractivity contribution in [3.63, 3.8) is 0 Å². The van der Waals surface area contributed by atoms with E-state index in [0.717, 1.165) is 17.7 Å². The molecule has 1 aliphatic heterocycles. The third kappa shape index (κ3) is 1.81. The number of nitrogens with two attached hydrogens (primary N) is 1. The van der Waals surface area contributed by atoms with Crippen molar-refractivity contribution in [1.82, 2.24) is 0 Å². The van der Waals surface area contributed by atoms with Crippen LogP contribution in [0.2, 0.25) is 0 Å². The van der Waals surface area contributed by atoms with Gasteiger partial charge in [-0.15, -0.1) is 0 Å². The molecule has 0 fully saturated rings. The van der Waals surface area contributed by atoms with Gasteiger partial charge in [-0.2, -0.15) is 0 Å². The van der Waals surface area contributed by atoms with E-state index in [2.05, 4.69) is 13.0 Å². The average molecular weight is 221 g/mol. The van der Waals surface area contributed by atoms with Crippen molar-refractivity contribution in [3.05, 3.63) is 29.3 Å². The molecule has 0 amide bonds. The van der Waals surface area contributed by atoms with Crippen molar-refractivity contribution in [2.45, 2.75) is 32.0 Å². The molecule has 1 heterocycles. The molecule has 16 heavy (non-hydrogen) atoms. The fraction of sp³-hybridized carbons (Fsp3) is 0.538. The van der Waals surface area contributed by atoms with Crippen LogP contribution in [0.1, 0.15) is 25.0 Å². The van der Waals surface area contributed by atoms with Gasteiger partial charge >= 0.3 is 0 Å². The first kappa shape index (κ1) is 11.4. The molecule has 0 saturated carbocycles. The summed E-state index contributed by atoms with van der Waals surface area (Å²) in [4.78, 5) is 0. The predicted molar refractivity (Wildman–Crippen MR) is 63.7 cm³/mol. The first-order valence-corrected chi connectivity index (χ1v) is 5.64. The summed E-state index contributed by atoms with van der Waals surface area (Å²) in [6.45, 7) is 4.56. The first-order chi connectivity index (χ1) is 7.59. The van der Waals surface area contributed by atoms with E-state index in [0.29, 0.717) is 6.54 Å². The molecule has 2 N–H and O–H groups in total. The molecule has 1 aromatic rings. The lowest BCUT2D eigenvalue weighted by Gasteiger charge is -2.27. The Hall–Kier alpha value is -1.06. The highest BCUT2D eigenvalue weighted by molar-refractivity contribution is 5.42. The van der Waals surface area contributed by atoms with Crippen molar-refractivity contribution in [2.75, 3.05) is 13.7 Å². The molecular weight excluding hydrogens is 202 g/mol. The molecule has 0 radical (unpaired) electrons. The van der Waals surface area contributed by atoms with E-state index in [-0.39, 0.29) is 6.10 Å². The van der Waals surface area contributed by atoms with Crippen LogP contribution in [0.5, 0.6) is 5.75 Å². The maximum Gasteiger partial charge on any atom is 0.123 e. The van der Waals surface area contributed by atoms with Crippen molar-refractivity contribution >= 4 is 0 Å². The van der Waals surface area contributed by atoms with E-state index in [4.69, 9.17) is 15.2 Å². The number of hydrogen-bond donors (Lipinski definition) is 1. The van der Waals surface area contributed by atoms with E-state index < -0.39 is 5.60 Å². The quantitative estimate of drug-likeness (QED) is 0.847. The summed E-state index contributed by atoms with van der Waals surface area (Å²) in [5.74, 6) is 0.992. The van der Waals surface area contributed by atoms with Gasteiger partial charge in [0.2, 0.25) is 0 Å². The lowest BCUT2D eigenvalue weighted by molar-refractivity contribution is 0.0100. The van der Waals surface area contributed by atoms with Gasteiger partial charge in [0.25, 0.3) is 0 Å². The SMILES string of the molecule is COC(C)(CN)c1ccc2c(c1)CC(C)O2. The van der Waals surface area contributed by atoms with Crippen LogP contribution in [0, 0.1) is 0 Å². The molecule has 0 spiro atoms. The number of fused-ring (bicyclic) bond motifs is 1. The monoisotopic (exact) mass is 221 g/mol. The Balaban J connectivity index is 2.35. The van der Waals surface area contributed by atoms with Gasteiger partial charge in [0.05, 0.1) is 0 Å². The lowest BCUT2D eigenvalue weighted by atomic mass is 9.93. The first-order valence-electron chi connectivity index (χ1n) is 5.64. The Labute approximate surface area is 96.5 Å². The summed E-state index contributed by atoms with van der Waals surface area (Å²) in [6, 6.07) is 6.20. The molecule has 2 rings (SSSR count). The van der Waals surface area contributed by atoms with Crippen LogP contribution >= 0.6 is 0 Å². The summed E-state index contributed by atoms with van der Waals surface area (Å²) in [6.07, 6.45) is 1.24. The maximum atomic E-state index is 5.77. The van der Waals surface area contributed by atoms with Gasteiger partial charge in [0.15, 0.2) is 0 Å². The van der Waals surface area contributed by atoms with Crippen molar-refractivity contribution in [2.24, 2.45) is 5.73 Å². The van der Waals surface area contributed by atoms with E-state index in [9.17, 15) is 0 Å². The van der Waals surface area contributed by atoms with Gasteiger partial charge in [0.1, 0.15) is 17.5 Å². The zero-order valence-corrected chi connectivity index (χ0v) is 10.1. The molecule has 2 unspecified atom stereocenters. The second-order valence-corrected chi connectivity index (χ2v) is 4.59. The average Bonchev–Trinajstić information content (AvgIpc) is 2.67. The zero-order chi connectivity index (χ0) is 11.8. The van der Waals surface area contributed by atoms with Crippen molar-refractivity contribution < 1.29 is 9.47 Å². The van der Waals surface area contributed by atoms with E-state index in [1.807, 2.05) is 19.1 Å². The summed E-state index contributed by atoms with van der Waals surface area (Å²) in [7, 11) is 1.69. The van der Waals surface area contributed by atoms with E-state index >= 15 is 0 Å². The van der Waals surface area contributed by atoms with E-state index in [1.54, 1.807) is 7.11 Å². The fourth-order valence-corrected chi connectivity index (χ4v) is 2.07. The highest BCUT2D eigenvalue weighted by atomic mass is 16.5. The third-order valence-corrected chi connectivity index (χ3v) is 3.35. The van der Waals surface area contributed by atoms with Gasteiger partial charge in [-0.05, 0) is 37.1 Å². The van der Waals surface area contributed by atoms with E-state index in [1.165, 1.54) is 5.56 Å². The van der Waals surface area contributed by atoms with Crippen LogP contribution in [0.3, 0.4) is 0 Å². The van der Waals surface area contributed by atoms with Crippen LogP contribution in [0.15, 0.2) is 18.2 Å². The van der Waals surface area contributed by atoms with Crippen LogP contribution in [0.4, 0.5) is 0 Å². The largest absolute Gasteiger partial charge is 0.490 e. The molecule has 0 saturated heterocycles. The van der Waals surface area contributed by atoms with Crippen LogP contribution in [0.25, 0.3) is 0 Å². The molecule has 0 aromatic heterocycles. The standard InChI is InChI=1S/C13H19NO2/c1-9-6-10-7-11(4-5-12(10)16-9)13(2,8-14)15-3/h4-5,7,9H,6,8,14H2,1-3H3. The Morgan fingerprint density at radius 2 is 2.31 bits per heavy atom. The van der Waals surface area contributed by atoms with Crippen LogP contribution < -0.4 is 10.5 Å². The van der Waals surface area contributed by atoms with Crippen molar-refractivity contribution in [1.29, 1.82) is 0 Å². The summed E-state index contributed by atoms with van der Waals surface area (Å²) < 4.78 is 11.2. The number of methoxy groups -OCH3 is 1. The molecule has 0 bridgehead atoms. The second kappa shape index (κ2) is 4.07. The maximum absolute atomic E-state index is 5.77. The number of hydrogen-bond acceptors (Lipinski definition) is 3. The molecular formula is C13H19NO2. The highest BCUT2D eigenvalue weighted by Crippen LogP contribution is 2.33. The van der Waals surface area contributed by atoms with Gasteiger partial charge in [-0.3, -0.25) is 0 Å². The van der Waals surface area contributed by atoms with Crippen LogP contribution in [-0.4, -0.2) is 19.8 Å². The summed E-state index contributed by atoms with van der Waals surface area (Å²) >= 11 is 0. The lowest BCUT2D eigenvalue weighted by Crippen LogP contribution is -2.33. The Bertz CT molecular complexity index is 386. The molecule has 0 aliphatic carbocycles. The molecule has 3 nitrogen and oxygen atoms in total. The van der Waals surface area contributed by atoms with Crippen LogP contribution in [-0.2, 0) is 16.8 Å². The molecule has 1 aliphatic rings. The Morgan fingerprint density at radius 3 is 2.94 bits per heavy atom. The second-order valence-electron chi connectivity index (χ2n) is 4.59. The van der Waals surface area contributed by atoms with Gasteiger partial charge in [-0.25, -0.2) is 0 Å². The normalized spacial score (nSPS) is 22.4. The minimum atomic E-state index is -0.402. The number of rotatable bonds is 3. The molecule has 3 heteroatoms. The smallest absolute Gasteiger partial charge is 0.123 e. The Kier molecular flexibility index (Phi) is 2.91. The summed E-state index contributed by atoms with van der Waals surface area (Å²) in [5, 5.41) is 0. The third-order valence-electron chi connectivity index (χ3n) is 3.35. The topological polar surface area (TPSA) is 44.5 Å². The highest BCUT2D eigenvalue weighted by Gasteiger charge is 2.27. The summed E-state index contributed by atoms with van der Waals surface area (Å²) in [5.41, 5.74) is 7.73. The van der Waals surface area contributed by atoms with Gasteiger partial charge in [0, 0.05) is 20.1 Å². The fourth-order valence-electron chi connectivity index (χ4n) is 2.07. The van der Waals surface area contributed by atoms with Gasteiger partial charge in [-0.1, -0.05) is 6.07 Å². The molecule has 2 atom stereocenters. The Morgan fingerprint density at radius 1 is 1.56 bits per heavy atom. The number of ether oxygens (including phenoxy) is 2. The van der Waals surface area contributed by atoms with Crippen molar-refractivity contribution in [3.8, 4) is 5.75 Å². The zero-order valence-electron chi connectivity index (χ0n) is 10.1. The predicted octanol–water partition coefficient (Wildman–Crippen LogP) is 1.83. The minimum Gasteiger partial charge on any atom is -0.490 e.